The predicted octanol–water partition coefficient (Wildman–Crippen LogP) is 17.5. The van der Waals surface area contributed by atoms with Gasteiger partial charge in [0.1, 0.15) is 13.2 Å². The molecular weight excluding hydrogens is 935 g/mol. The lowest BCUT2D eigenvalue weighted by Gasteiger charge is -2.25. The summed E-state index contributed by atoms with van der Waals surface area (Å²) in [6.45, 7) is 4.67. The van der Waals surface area contributed by atoms with E-state index in [1.807, 2.05) is 21.1 Å². The molecule has 424 valence electrons. The van der Waals surface area contributed by atoms with Gasteiger partial charge < -0.3 is 28.5 Å². The minimum Gasteiger partial charge on any atom is -0.477 e. The van der Waals surface area contributed by atoms with Crippen molar-refractivity contribution in [1.82, 2.24) is 0 Å². The number of nitrogens with zero attached hydrogens (tertiary/aromatic N) is 1. The fourth-order valence-electron chi connectivity index (χ4n) is 7.39. The van der Waals surface area contributed by atoms with Crippen molar-refractivity contribution in [3.8, 4) is 0 Å². The second-order valence-electron chi connectivity index (χ2n) is 20.2. The maximum Gasteiger partial charge on any atom is 0.361 e. The molecule has 0 bridgehead atoms. The number of esters is 2. The van der Waals surface area contributed by atoms with E-state index >= 15 is 0 Å². The third-order valence-electron chi connectivity index (χ3n) is 11.9. The monoisotopic (exact) mass is 1040 g/mol. The van der Waals surface area contributed by atoms with Gasteiger partial charge in [0.25, 0.3) is 6.29 Å². The standard InChI is InChI=1S/C66H107NO8/c1-6-8-10-12-14-16-18-20-22-24-26-28-30-31-32-33-35-37-39-41-43-45-47-49-51-53-55-57-64(69)75-62(61-74-66(65(70)71)72-59-58-67(3,4)5)60-73-63(68)56-54-52-50-48-46-44-42-40-38-36-34-29-27-25-23-21-19-17-15-13-11-9-7-2/h8,10,14,16,19-22,25-28,31-32,34-37,41,43,47,49,62,66H,6-7,9,11-13,15,17-18,23-24,29-30,33,38-40,42,44-46,48,50-61H2,1-5H3/p+1/b10-8-,16-14-,21-19-,22-20-,27-25-,28-26-,32-31-,36-34-,37-35-,43-41-,49-47-. The molecule has 1 N–H and O–H groups in total. The van der Waals surface area contributed by atoms with Crippen LogP contribution in [0.15, 0.2) is 134 Å². The topological polar surface area (TPSA) is 108 Å². The Balaban J connectivity index is 4.41. The zero-order valence-electron chi connectivity index (χ0n) is 48.2. The van der Waals surface area contributed by atoms with Crippen LogP contribution in [0.25, 0.3) is 0 Å². The van der Waals surface area contributed by atoms with E-state index in [0.29, 0.717) is 17.4 Å². The van der Waals surface area contributed by atoms with E-state index in [1.54, 1.807) is 0 Å². The molecular formula is C66H108NO8+. The lowest BCUT2D eigenvalue weighted by Crippen LogP contribution is -2.40. The Bertz CT molecular complexity index is 1690. The summed E-state index contributed by atoms with van der Waals surface area (Å²) in [4.78, 5) is 37.4. The highest BCUT2D eigenvalue weighted by Gasteiger charge is 2.25. The van der Waals surface area contributed by atoms with Gasteiger partial charge in [-0.25, -0.2) is 4.79 Å². The number of carbonyl (C=O) groups excluding carboxylic acids is 2. The molecule has 2 atom stereocenters. The molecule has 0 spiro atoms. The number of ether oxygens (including phenoxy) is 4. The first-order chi connectivity index (χ1) is 36.6. The molecule has 0 aromatic rings. The van der Waals surface area contributed by atoms with Crippen molar-refractivity contribution in [1.29, 1.82) is 0 Å². The van der Waals surface area contributed by atoms with Gasteiger partial charge in [-0.3, -0.25) is 9.59 Å². The highest BCUT2D eigenvalue weighted by Crippen LogP contribution is 2.13. The smallest absolute Gasteiger partial charge is 0.361 e. The molecule has 2 unspecified atom stereocenters. The average Bonchev–Trinajstić information content (AvgIpc) is 3.38. The van der Waals surface area contributed by atoms with Crippen molar-refractivity contribution in [2.75, 3.05) is 47.5 Å². The quantitative estimate of drug-likeness (QED) is 0.0211. The van der Waals surface area contributed by atoms with Crippen molar-refractivity contribution in [3.63, 3.8) is 0 Å². The number of carboxylic acid groups (broad SMARTS) is 1. The Hall–Kier alpha value is -4.57. The zero-order valence-corrected chi connectivity index (χ0v) is 48.2. The predicted molar refractivity (Wildman–Crippen MR) is 317 cm³/mol. The van der Waals surface area contributed by atoms with E-state index in [9.17, 15) is 19.5 Å². The summed E-state index contributed by atoms with van der Waals surface area (Å²) in [5.41, 5.74) is 0. The lowest BCUT2D eigenvalue weighted by atomic mass is 10.1. The van der Waals surface area contributed by atoms with Crippen LogP contribution in [0.3, 0.4) is 0 Å². The molecule has 0 amide bonds. The number of hydrogen-bond donors (Lipinski definition) is 1. The van der Waals surface area contributed by atoms with Crippen molar-refractivity contribution in [2.45, 2.75) is 219 Å². The van der Waals surface area contributed by atoms with Crippen LogP contribution in [0.5, 0.6) is 0 Å². The van der Waals surface area contributed by atoms with Crippen molar-refractivity contribution in [3.05, 3.63) is 134 Å². The van der Waals surface area contributed by atoms with Crippen LogP contribution in [0.4, 0.5) is 0 Å². The van der Waals surface area contributed by atoms with Crippen LogP contribution in [-0.2, 0) is 33.3 Å². The molecule has 0 rings (SSSR count). The fourth-order valence-corrected chi connectivity index (χ4v) is 7.39. The second kappa shape index (κ2) is 55.7. The number of quaternary nitrogens is 1. The number of unbranched alkanes of at least 4 members (excludes halogenated alkanes) is 15. The summed E-state index contributed by atoms with van der Waals surface area (Å²) in [5.74, 6) is -2.09. The molecule has 75 heavy (non-hydrogen) atoms. The molecule has 0 aliphatic rings. The van der Waals surface area contributed by atoms with Gasteiger partial charge in [0.05, 0.1) is 34.4 Å². The van der Waals surface area contributed by atoms with E-state index in [0.717, 1.165) is 109 Å². The summed E-state index contributed by atoms with van der Waals surface area (Å²) in [5, 5.41) is 9.70. The Morgan fingerprint density at radius 1 is 0.413 bits per heavy atom. The van der Waals surface area contributed by atoms with Gasteiger partial charge in [0.2, 0.25) is 0 Å². The van der Waals surface area contributed by atoms with E-state index in [4.69, 9.17) is 18.9 Å². The molecule has 0 saturated heterocycles. The Morgan fingerprint density at radius 3 is 1.16 bits per heavy atom. The fraction of sp³-hybridized carbons (Fsp3) is 0.621. The number of likely N-dealkylation sites (N-methyl/N-ethyl adjacent to an activating group) is 1. The van der Waals surface area contributed by atoms with Gasteiger partial charge in [-0.2, -0.15) is 0 Å². The van der Waals surface area contributed by atoms with Crippen LogP contribution in [0.2, 0.25) is 0 Å². The Morgan fingerprint density at radius 2 is 0.760 bits per heavy atom. The minimum atomic E-state index is -1.53. The Kier molecular flexibility index (Phi) is 52.3. The molecule has 9 heteroatoms. The van der Waals surface area contributed by atoms with Gasteiger partial charge in [-0.1, -0.05) is 212 Å². The highest BCUT2D eigenvalue weighted by molar-refractivity contribution is 5.71. The largest absolute Gasteiger partial charge is 0.477 e. The molecule has 0 aromatic carbocycles. The number of carbonyl (C=O) groups is 3. The molecule has 0 heterocycles. The van der Waals surface area contributed by atoms with Crippen LogP contribution in [0, 0.1) is 0 Å². The Labute approximate surface area is 459 Å². The van der Waals surface area contributed by atoms with Gasteiger partial charge in [-0.05, 0) is 116 Å². The molecule has 0 aliphatic heterocycles. The van der Waals surface area contributed by atoms with E-state index in [1.165, 1.54) is 64.2 Å². The number of allylic oxidation sites excluding steroid dienone is 22. The number of hydrogen-bond acceptors (Lipinski definition) is 7. The molecule has 0 fully saturated rings. The minimum absolute atomic E-state index is 0.170. The van der Waals surface area contributed by atoms with E-state index < -0.39 is 24.3 Å². The zero-order chi connectivity index (χ0) is 54.8. The third-order valence-corrected chi connectivity index (χ3v) is 11.9. The van der Waals surface area contributed by atoms with Crippen LogP contribution in [0.1, 0.15) is 206 Å². The number of carboxylic acids is 1. The molecule has 0 radical (unpaired) electrons. The van der Waals surface area contributed by atoms with Crippen molar-refractivity contribution < 1.29 is 42.9 Å². The second-order valence-corrected chi connectivity index (χ2v) is 20.2. The van der Waals surface area contributed by atoms with Gasteiger partial charge >= 0.3 is 17.9 Å². The van der Waals surface area contributed by atoms with Crippen LogP contribution in [-0.4, -0.2) is 87.4 Å². The average molecular weight is 1040 g/mol. The maximum absolute atomic E-state index is 12.9. The number of aliphatic carboxylic acids is 1. The van der Waals surface area contributed by atoms with Crippen molar-refractivity contribution >= 4 is 17.9 Å². The first-order valence-electron chi connectivity index (χ1n) is 29.3. The lowest BCUT2D eigenvalue weighted by molar-refractivity contribution is -0.870. The maximum atomic E-state index is 12.9. The third kappa shape index (κ3) is 57.0. The summed E-state index contributed by atoms with van der Waals surface area (Å²) >= 11 is 0. The highest BCUT2D eigenvalue weighted by atomic mass is 16.7. The molecule has 0 saturated carbocycles. The SMILES string of the molecule is CC/C=C\C/C=C\C/C=C\C/C=C\C/C=C\C/C=C\C/C=C\C/C=C\CCCCC(=O)OC(COC(=O)CCCCCCCCCC/C=C\C/C=C\C/C=C\CCCCCCC)COC(OCC[N+](C)(C)C)C(=O)O. The summed E-state index contributed by atoms with van der Waals surface area (Å²) in [6.07, 6.45) is 76.7. The van der Waals surface area contributed by atoms with Crippen molar-refractivity contribution in [2.24, 2.45) is 0 Å². The molecule has 0 aromatic heterocycles. The van der Waals surface area contributed by atoms with Crippen LogP contribution < -0.4 is 0 Å². The van der Waals surface area contributed by atoms with E-state index in [2.05, 4.69) is 148 Å². The van der Waals surface area contributed by atoms with Gasteiger partial charge in [0.15, 0.2) is 6.10 Å². The summed E-state index contributed by atoms with van der Waals surface area (Å²) < 4.78 is 22.8. The normalized spacial score (nSPS) is 13.8. The summed E-state index contributed by atoms with van der Waals surface area (Å²) in [7, 11) is 5.94. The molecule has 9 nitrogen and oxygen atoms in total. The number of rotatable bonds is 52. The van der Waals surface area contributed by atoms with E-state index in [-0.39, 0.29) is 38.6 Å². The van der Waals surface area contributed by atoms with Gasteiger partial charge in [-0.15, -0.1) is 0 Å². The van der Waals surface area contributed by atoms with Gasteiger partial charge in [0, 0.05) is 12.8 Å². The first-order valence-corrected chi connectivity index (χ1v) is 29.3. The van der Waals surface area contributed by atoms with Crippen LogP contribution >= 0.6 is 0 Å². The molecule has 0 aliphatic carbocycles. The summed E-state index contributed by atoms with van der Waals surface area (Å²) in [6, 6.07) is 0. The first kappa shape index (κ1) is 70.4.